The Hall–Kier alpha value is -1.00. The van der Waals surface area contributed by atoms with Gasteiger partial charge in [0.25, 0.3) is 0 Å². The number of rotatable bonds is 11. The Labute approximate surface area is 139 Å². The molecule has 0 heterocycles. The maximum Gasteiger partial charge on any atom is 0.171 e. The molecule has 0 bridgehead atoms. The average Bonchev–Trinajstić information content (AvgIpc) is 2.56. The van der Waals surface area contributed by atoms with Gasteiger partial charge in [-0.2, -0.15) is 0 Å². The van der Waals surface area contributed by atoms with Crippen LogP contribution >= 0.6 is 0 Å². The topological polar surface area (TPSA) is 18.5 Å². The van der Waals surface area contributed by atoms with Crippen LogP contribution < -0.4 is 0 Å². The number of ether oxygens (including phenoxy) is 2. The molecular weight excluding hydrogens is 298 g/mol. The Kier molecular flexibility index (Phi) is 8.71. The molecule has 0 N–H and O–H groups in total. The third kappa shape index (κ3) is 5.85. The van der Waals surface area contributed by atoms with Gasteiger partial charge >= 0.3 is 0 Å². The number of benzene rings is 1. The quantitative estimate of drug-likeness (QED) is 0.377. The van der Waals surface area contributed by atoms with E-state index < -0.39 is 17.4 Å². The molecule has 132 valence electrons. The lowest BCUT2D eigenvalue weighted by atomic mass is 9.86. The molecule has 0 radical (unpaired) electrons. The SMILES string of the molecule is CCCCCCCCC(c1ccc(F)c(F)c1)C(C)(OC)OC. The van der Waals surface area contributed by atoms with Gasteiger partial charge in [-0.1, -0.05) is 51.5 Å². The normalized spacial score (nSPS) is 13.3. The molecule has 0 aliphatic heterocycles. The zero-order valence-electron chi connectivity index (χ0n) is 14.8. The van der Waals surface area contributed by atoms with Gasteiger partial charge in [-0.15, -0.1) is 0 Å². The summed E-state index contributed by atoms with van der Waals surface area (Å²) in [4.78, 5) is 0. The Morgan fingerprint density at radius 3 is 2.13 bits per heavy atom. The highest BCUT2D eigenvalue weighted by atomic mass is 19.2. The van der Waals surface area contributed by atoms with E-state index in [1.165, 1.54) is 37.8 Å². The predicted octanol–water partition coefficient (Wildman–Crippen LogP) is 5.81. The molecule has 0 spiro atoms. The van der Waals surface area contributed by atoms with E-state index in [1.807, 2.05) is 6.92 Å². The van der Waals surface area contributed by atoms with Crippen LogP contribution in [0.4, 0.5) is 8.78 Å². The summed E-state index contributed by atoms with van der Waals surface area (Å²) in [6, 6.07) is 4.05. The molecule has 1 atom stereocenters. The fraction of sp³-hybridized carbons (Fsp3) is 0.684. The molecule has 0 amide bonds. The van der Waals surface area contributed by atoms with Gasteiger partial charge in [0.05, 0.1) is 0 Å². The van der Waals surface area contributed by atoms with Crippen LogP contribution in [0, 0.1) is 11.6 Å². The molecule has 0 aliphatic carbocycles. The summed E-state index contributed by atoms with van der Waals surface area (Å²) in [5.74, 6) is -2.65. The largest absolute Gasteiger partial charge is 0.353 e. The maximum atomic E-state index is 13.6. The van der Waals surface area contributed by atoms with Gasteiger partial charge in [0.1, 0.15) is 0 Å². The molecule has 0 fully saturated rings. The van der Waals surface area contributed by atoms with E-state index in [0.717, 1.165) is 19.3 Å². The summed E-state index contributed by atoms with van der Waals surface area (Å²) < 4.78 is 37.9. The van der Waals surface area contributed by atoms with Crippen LogP contribution in [0.5, 0.6) is 0 Å². The van der Waals surface area contributed by atoms with Gasteiger partial charge in [0.2, 0.25) is 0 Å². The number of hydrogen-bond acceptors (Lipinski definition) is 2. The number of methoxy groups -OCH3 is 2. The van der Waals surface area contributed by atoms with Crippen molar-refractivity contribution in [3.8, 4) is 0 Å². The monoisotopic (exact) mass is 328 g/mol. The molecule has 1 unspecified atom stereocenters. The minimum Gasteiger partial charge on any atom is -0.353 e. The van der Waals surface area contributed by atoms with E-state index in [4.69, 9.17) is 9.47 Å². The van der Waals surface area contributed by atoms with Gasteiger partial charge in [0.15, 0.2) is 17.4 Å². The highest BCUT2D eigenvalue weighted by Gasteiger charge is 2.35. The molecule has 1 aromatic carbocycles. The number of unbranched alkanes of at least 4 members (excludes halogenated alkanes) is 5. The first-order chi connectivity index (χ1) is 11.0. The van der Waals surface area contributed by atoms with Crippen molar-refractivity contribution in [2.45, 2.75) is 70.5 Å². The third-order valence-electron chi connectivity index (χ3n) is 4.64. The van der Waals surface area contributed by atoms with E-state index in [9.17, 15) is 8.78 Å². The average molecular weight is 328 g/mol. The fourth-order valence-electron chi connectivity index (χ4n) is 2.96. The number of hydrogen-bond donors (Lipinski definition) is 0. The van der Waals surface area contributed by atoms with Gasteiger partial charge in [-0.05, 0) is 31.0 Å². The van der Waals surface area contributed by atoms with Crippen molar-refractivity contribution in [2.24, 2.45) is 0 Å². The second kappa shape index (κ2) is 9.99. The standard InChI is InChI=1S/C19H30F2O2/c1-5-6-7-8-9-10-11-16(19(2,22-3)23-4)15-12-13-17(20)18(21)14-15/h12-14,16H,5-11H2,1-4H3. The molecule has 2 nitrogen and oxygen atoms in total. The van der Waals surface area contributed by atoms with Gasteiger partial charge in [-0.3, -0.25) is 0 Å². The molecule has 4 heteroatoms. The van der Waals surface area contributed by atoms with Gasteiger partial charge in [-0.25, -0.2) is 8.78 Å². The number of halogens is 2. The van der Waals surface area contributed by atoms with E-state index in [-0.39, 0.29) is 5.92 Å². The van der Waals surface area contributed by atoms with Crippen LogP contribution in [0.3, 0.4) is 0 Å². The predicted molar refractivity (Wildman–Crippen MR) is 89.5 cm³/mol. The van der Waals surface area contributed by atoms with E-state index in [1.54, 1.807) is 20.3 Å². The van der Waals surface area contributed by atoms with Crippen LogP contribution in [0.2, 0.25) is 0 Å². The lowest BCUT2D eigenvalue weighted by Gasteiger charge is -2.35. The second-order valence-corrected chi connectivity index (χ2v) is 6.21. The van der Waals surface area contributed by atoms with Crippen molar-refractivity contribution in [1.82, 2.24) is 0 Å². The molecule has 23 heavy (non-hydrogen) atoms. The minimum atomic E-state index is -0.853. The highest BCUT2D eigenvalue weighted by molar-refractivity contribution is 5.24. The molecule has 0 aromatic heterocycles. The van der Waals surface area contributed by atoms with Crippen LogP contribution in [0.15, 0.2) is 18.2 Å². The van der Waals surface area contributed by atoms with Crippen molar-refractivity contribution in [2.75, 3.05) is 14.2 Å². The minimum absolute atomic E-state index is 0.140. The smallest absolute Gasteiger partial charge is 0.171 e. The zero-order chi connectivity index (χ0) is 17.3. The summed E-state index contributed by atoms with van der Waals surface area (Å²) in [7, 11) is 3.16. The van der Waals surface area contributed by atoms with Gasteiger partial charge in [0, 0.05) is 20.1 Å². The Morgan fingerprint density at radius 2 is 1.57 bits per heavy atom. The van der Waals surface area contributed by atoms with Crippen molar-refractivity contribution < 1.29 is 18.3 Å². The molecule has 1 aromatic rings. The first-order valence-electron chi connectivity index (χ1n) is 8.53. The Morgan fingerprint density at radius 1 is 0.957 bits per heavy atom. The van der Waals surface area contributed by atoms with E-state index in [0.29, 0.717) is 5.56 Å². The molecular formula is C19H30F2O2. The molecule has 1 rings (SSSR count). The summed E-state index contributed by atoms with van der Waals surface area (Å²) in [6.45, 7) is 4.04. The van der Waals surface area contributed by atoms with Crippen molar-refractivity contribution >= 4 is 0 Å². The molecule has 0 saturated heterocycles. The summed E-state index contributed by atoms with van der Waals surface area (Å²) in [6.07, 6.45) is 7.89. The lowest BCUT2D eigenvalue weighted by Crippen LogP contribution is -2.37. The Balaban J connectivity index is 2.79. The van der Waals surface area contributed by atoms with Crippen LogP contribution in [-0.2, 0) is 9.47 Å². The zero-order valence-corrected chi connectivity index (χ0v) is 14.8. The summed E-state index contributed by atoms with van der Waals surface area (Å²) in [5, 5.41) is 0. The van der Waals surface area contributed by atoms with Crippen molar-refractivity contribution in [3.05, 3.63) is 35.4 Å². The first-order valence-corrected chi connectivity index (χ1v) is 8.53. The van der Waals surface area contributed by atoms with Crippen LogP contribution in [0.1, 0.15) is 70.3 Å². The van der Waals surface area contributed by atoms with Crippen molar-refractivity contribution in [1.29, 1.82) is 0 Å². The molecule has 0 saturated carbocycles. The molecule has 0 aliphatic rings. The Bertz CT molecular complexity index is 459. The lowest BCUT2D eigenvalue weighted by molar-refractivity contribution is -0.210. The van der Waals surface area contributed by atoms with Gasteiger partial charge < -0.3 is 9.47 Å². The van der Waals surface area contributed by atoms with E-state index >= 15 is 0 Å². The first kappa shape index (κ1) is 20.0. The fourth-order valence-corrected chi connectivity index (χ4v) is 2.96. The van der Waals surface area contributed by atoms with Crippen LogP contribution in [-0.4, -0.2) is 20.0 Å². The maximum absolute atomic E-state index is 13.6. The second-order valence-electron chi connectivity index (χ2n) is 6.21. The van der Waals surface area contributed by atoms with Crippen LogP contribution in [0.25, 0.3) is 0 Å². The highest BCUT2D eigenvalue weighted by Crippen LogP contribution is 2.36. The summed E-state index contributed by atoms with van der Waals surface area (Å²) in [5.41, 5.74) is 0.712. The third-order valence-corrected chi connectivity index (χ3v) is 4.64. The summed E-state index contributed by atoms with van der Waals surface area (Å²) >= 11 is 0. The van der Waals surface area contributed by atoms with E-state index in [2.05, 4.69) is 6.92 Å². The van der Waals surface area contributed by atoms with Crippen molar-refractivity contribution in [3.63, 3.8) is 0 Å².